The van der Waals surface area contributed by atoms with Crippen molar-refractivity contribution in [2.45, 2.75) is 37.6 Å². The molecule has 158 valence electrons. The predicted octanol–water partition coefficient (Wildman–Crippen LogP) is 6.41. The van der Waals surface area contributed by atoms with Crippen molar-refractivity contribution in [3.63, 3.8) is 0 Å². The fraction of sp³-hybridized carbons (Fsp3) is 0.370. The van der Waals surface area contributed by atoms with Crippen molar-refractivity contribution < 1.29 is 9.53 Å². The first-order chi connectivity index (χ1) is 15.2. The minimum absolute atomic E-state index is 0.212. The molecule has 2 aromatic rings. The average molecular weight is 432 g/mol. The zero-order valence-electron chi connectivity index (χ0n) is 17.6. The summed E-state index contributed by atoms with van der Waals surface area (Å²) in [6.07, 6.45) is 11.5. The molecular weight excluding hydrogens is 406 g/mol. The van der Waals surface area contributed by atoms with Crippen LogP contribution in [0.25, 0.3) is 0 Å². The highest BCUT2D eigenvalue weighted by Gasteiger charge is 2.48. The average Bonchev–Trinajstić information content (AvgIpc) is 3.44. The maximum Gasteiger partial charge on any atom is 0.338 e. The second-order valence-corrected chi connectivity index (χ2v) is 9.61. The van der Waals surface area contributed by atoms with E-state index in [-0.39, 0.29) is 5.97 Å². The molecule has 4 aliphatic rings. The minimum Gasteiger partial charge on any atom is -0.462 e. The van der Waals surface area contributed by atoms with E-state index in [0.29, 0.717) is 41.9 Å². The fourth-order valence-electron chi connectivity index (χ4n) is 6.35. The summed E-state index contributed by atoms with van der Waals surface area (Å²) in [7, 11) is 0. The first-order valence-corrected chi connectivity index (χ1v) is 11.7. The van der Waals surface area contributed by atoms with Crippen LogP contribution in [0.5, 0.6) is 0 Å². The first kappa shape index (κ1) is 19.2. The Bertz CT molecular complexity index is 1090. The van der Waals surface area contributed by atoms with Crippen LogP contribution in [0.1, 0.15) is 64.7 Å². The van der Waals surface area contributed by atoms with E-state index < -0.39 is 0 Å². The number of benzene rings is 2. The maximum atomic E-state index is 12.7. The van der Waals surface area contributed by atoms with Crippen molar-refractivity contribution in [1.29, 1.82) is 0 Å². The van der Waals surface area contributed by atoms with E-state index in [0.717, 1.165) is 24.4 Å². The third-order valence-corrected chi connectivity index (χ3v) is 7.82. The maximum absolute atomic E-state index is 12.7. The molecule has 0 fully saturated rings. The fourth-order valence-corrected chi connectivity index (χ4v) is 6.47. The molecule has 2 aliphatic carbocycles. The van der Waals surface area contributed by atoms with Crippen LogP contribution in [-0.2, 0) is 4.74 Å². The van der Waals surface area contributed by atoms with E-state index in [9.17, 15) is 4.79 Å². The lowest BCUT2D eigenvalue weighted by atomic mass is 9.70. The van der Waals surface area contributed by atoms with Gasteiger partial charge in [0.25, 0.3) is 0 Å². The molecule has 0 bridgehead atoms. The Morgan fingerprint density at radius 2 is 1.77 bits per heavy atom. The Hall–Kier alpha value is -2.52. The van der Waals surface area contributed by atoms with Crippen LogP contribution in [0.4, 0.5) is 5.69 Å². The highest BCUT2D eigenvalue weighted by atomic mass is 35.5. The standard InChI is InChI=1S/C27H26ClNO2/c1-2-31-27(30)18-13-23-20-6-3-5-17(20)15-29-25(16-9-11-19(28)12-10-16)22-8-4-7-21(22)24(14-18)26(23)29/h3-4,6-7,9-14,17,20-22,25H,2,5,8,15H2,1H3/t17-,20+,21+,22+,25+/m1/s1. The second kappa shape index (κ2) is 7.27. The van der Waals surface area contributed by atoms with Gasteiger partial charge in [-0.25, -0.2) is 4.79 Å². The Balaban J connectivity index is 1.56. The summed E-state index contributed by atoms with van der Waals surface area (Å²) in [4.78, 5) is 15.4. The van der Waals surface area contributed by atoms with Gasteiger partial charge in [-0.05, 0) is 72.6 Å². The monoisotopic (exact) mass is 431 g/mol. The number of nitrogens with zero attached hydrogens (tertiary/aromatic N) is 1. The van der Waals surface area contributed by atoms with Crippen LogP contribution >= 0.6 is 11.6 Å². The number of hydrogen-bond acceptors (Lipinski definition) is 3. The number of ether oxygens (including phenoxy) is 1. The summed E-state index contributed by atoms with van der Waals surface area (Å²) in [6, 6.07) is 12.9. The van der Waals surface area contributed by atoms with Crippen LogP contribution in [0.15, 0.2) is 60.7 Å². The Morgan fingerprint density at radius 1 is 1.06 bits per heavy atom. The molecule has 0 N–H and O–H groups in total. The van der Waals surface area contributed by atoms with Gasteiger partial charge in [0, 0.05) is 29.1 Å². The lowest BCUT2D eigenvalue weighted by molar-refractivity contribution is 0.0526. The SMILES string of the molecule is CCOC(=O)c1cc2c3c(c1)[C@H]1C=CC[C@@H]1[C@H](c1ccc(Cl)cc1)N3C[C@H]1CC=C[C@H]21. The van der Waals surface area contributed by atoms with Crippen LogP contribution < -0.4 is 4.90 Å². The number of carbonyl (C=O) groups excluding carboxylic acids is 1. The molecule has 0 saturated heterocycles. The lowest BCUT2D eigenvalue weighted by Gasteiger charge is -2.51. The highest BCUT2D eigenvalue weighted by Crippen LogP contribution is 2.59. The van der Waals surface area contributed by atoms with Crippen LogP contribution in [0.3, 0.4) is 0 Å². The molecule has 2 aliphatic heterocycles. The first-order valence-electron chi connectivity index (χ1n) is 11.4. The molecule has 0 unspecified atom stereocenters. The van der Waals surface area contributed by atoms with Gasteiger partial charge >= 0.3 is 5.97 Å². The number of hydrogen-bond donors (Lipinski definition) is 0. The third-order valence-electron chi connectivity index (χ3n) is 7.57. The van der Waals surface area contributed by atoms with E-state index in [1.54, 1.807) is 0 Å². The van der Waals surface area contributed by atoms with Gasteiger partial charge < -0.3 is 9.64 Å². The van der Waals surface area contributed by atoms with Gasteiger partial charge in [-0.3, -0.25) is 0 Å². The molecule has 2 aromatic carbocycles. The van der Waals surface area contributed by atoms with Crippen molar-refractivity contribution >= 4 is 23.3 Å². The number of rotatable bonds is 3. The van der Waals surface area contributed by atoms with Gasteiger partial charge in [0.15, 0.2) is 0 Å². The molecule has 0 spiro atoms. The predicted molar refractivity (Wildman–Crippen MR) is 124 cm³/mol. The van der Waals surface area contributed by atoms with Crippen molar-refractivity contribution in [3.8, 4) is 0 Å². The van der Waals surface area contributed by atoms with Gasteiger partial charge in [-0.2, -0.15) is 0 Å². The molecule has 2 heterocycles. The van der Waals surface area contributed by atoms with Crippen molar-refractivity contribution in [1.82, 2.24) is 0 Å². The Kier molecular flexibility index (Phi) is 4.50. The number of fused-ring (bicyclic) bond motifs is 4. The van der Waals surface area contributed by atoms with Crippen molar-refractivity contribution in [3.05, 3.63) is 88.0 Å². The number of esters is 1. The molecule has 0 radical (unpaired) electrons. The minimum atomic E-state index is -0.212. The van der Waals surface area contributed by atoms with E-state index in [1.807, 2.05) is 19.1 Å². The summed E-state index contributed by atoms with van der Waals surface area (Å²) in [5.74, 6) is 1.51. The van der Waals surface area contributed by atoms with Gasteiger partial charge in [0.1, 0.15) is 0 Å². The summed E-state index contributed by atoms with van der Waals surface area (Å²) in [6.45, 7) is 3.31. The molecule has 31 heavy (non-hydrogen) atoms. The summed E-state index contributed by atoms with van der Waals surface area (Å²) in [5, 5.41) is 0.777. The largest absolute Gasteiger partial charge is 0.462 e. The van der Waals surface area contributed by atoms with Gasteiger partial charge in [0.2, 0.25) is 0 Å². The van der Waals surface area contributed by atoms with Crippen LogP contribution in [0.2, 0.25) is 5.02 Å². The quantitative estimate of drug-likeness (QED) is 0.415. The van der Waals surface area contributed by atoms with Crippen molar-refractivity contribution in [2.24, 2.45) is 11.8 Å². The lowest BCUT2D eigenvalue weighted by Crippen LogP contribution is -2.46. The molecule has 0 aromatic heterocycles. The van der Waals surface area contributed by atoms with Crippen molar-refractivity contribution in [2.75, 3.05) is 18.1 Å². The topological polar surface area (TPSA) is 29.5 Å². The molecule has 5 atom stereocenters. The number of halogens is 1. The Morgan fingerprint density at radius 3 is 2.55 bits per heavy atom. The Labute approximate surface area is 188 Å². The number of carbonyl (C=O) groups is 1. The van der Waals surface area contributed by atoms with Crippen LogP contribution in [-0.4, -0.2) is 19.1 Å². The molecule has 4 heteroatoms. The second-order valence-electron chi connectivity index (χ2n) is 9.18. The van der Waals surface area contributed by atoms with Crippen LogP contribution in [0, 0.1) is 11.8 Å². The normalized spacial score (nSPS) is 29.5. The summed E-state index contributed by atoms with van der Waals surface area (Å²) in [5.41, 5.74) is 5.96. The highest BCUT2D eigenvalue weighted by molar-refractivity contribution is 6.30. The summed E-state index contributed by atoms with van der Waals surface area (Å²) >= 11 is 6.22. The molecule has 0 amide bonds. The zero-order valence-corrected chi connectivity index (χ0v) is 18.4. The zero-order chi connectivity index (χ0) is 21.1. The molecule has 0 saturated carbocycles. The van der Waals surface area contributed by atoms with Gasteiger partial charge in [0.05, 0.1) is 18.2 Å². The molecular formula is C27H26ClNO2. The number of allylic oxidation sites excluding steroid dienone is 4. The van der Waals surface area contributed by atoms with E-state index in [1.165, 1.54) is 22.4 Å². The van der Waals surface area contributed by atoms with E-state index >= 15 is 0 Å². The van der Waals surface area contributed by atoms with Gasteiger partial charge in [-0.1, -0.05) is 48.0 Å². The smallest absolute Gasteiger partial charge is 0.338 e. The van der Waals surface area contributed by atoms with E-state index in [2.05, 4.69) is 53.5 Å². The molecule has 6 rings (SSSR count). The summed E-state index contributed by atoms with van der Waals surface area (Å²) < 4.78 is 5.39. The number of anilines is 1. The molecule has 3 nitrogen and oxygen atoms in total. The third kappa shape index (κ3) is 2.90. The van der Waals surface area contributed by atoms with E-state index in [4.69, 9.17) is 16.3 Å². The van der Waals surface area contributed by atoms with Gasteiger partial charge in [-0.15, -0.1) is 0 Å².